The molecule has 2 aromatic heterocycles. The van der Waals surface area contributed by atoms with Crippen LogP contribution in [-0.2, 0) is 23.5 Å². The first-order valence-electron chi connectivity index (χ1n) is 8.43. The molecule has 0 aliphatic rings. The fourth-order valence-corrected chi connectivity index (χ4v) is 4.35. The Balaban J connectivity index is 1.56. The van der Waals surface area contributed by atoms with E-state index in [0.29, 0.717) is 23.3 Å². The highest BCUT2D eigenvalue weighted by Gasteiger charge is 2.20. The van der Waals surface area contributed by atoms with Crippen LogP contribution in [0, 0.1) is 0 Å². The largest absolute Gasteiger partial charge is 0.461 e. The van der Waals surface area contributed by atoms with Gasteiger partial charge < -0.3 is 8.83 Å². The predicted molar refractivity (Wildman–Crippen MR) is 101 cm³/mol. The van der Waals surface area contributed by atoms with Crippen molar-refractivity contribution in [2.75, 3.05) is 0 Å². The van der Waals surface area contributed by atoms with Crippen molar-refractivity contribution in [1.29, 1.82) is 0 Å². The third-order valence-electron chi connectivity index (χ3n) is 4.41. The number of hydrogen-bond acceptors (Lipinski definition) is 5. The minimum absolute atomic E-state index is 0.0721. The summed E-state index contributed by atoms with van der Waals surface area (Å²) < 4.78 is 40.1. The van der Waals surface area contributed by atoms with Gasteiger partial charge in [0.1, 0.15) is 11.3 Å². The van der Waals surface area contributed by atoms with Crippen LogP contribution in [0.1, 0.15) is 12.7 Å². The van der Waals surface area contributed by atoms with Crippen LogP contribution in [0.15, 0.2) is 67.1 Å². The highest BCUT2D eigenvalue weighted by molar-refractivity contribution is 7.89. The molecule has 27 heavy (non-hydrogen) atoms. The number of fused-ring (bicyclic) bond motifs is 2. The summed E-state index contributed by atoms with van der Waals surface area (Å²) in [6.07, 6.45) is 0.417. The summed E-state index contributed by atoms with van der Waals surface area (Å²) in [7, 11) is -2.23. The van der Waals surface area contributed by atoms with E-state index in [2.05, 4.69) is 4.72 Å². The standard InChI is InChI=1S/C19H18N2O5S/c1-12(9-14-10-13-5-3-4-6-17(13)25-14)20-27(23,24)15-7-8-18-16(11-15)21(2)19(22)26-18/h3-8,10-12,20H,9H2,1-2H3/t12-/m1/s1. The van der Waals surface area contributed by atoms with Crippen molar-refractivity contribution >= 4 is 32.1 Å². The molecule has 0 unspecified atom stereocenters. The maximum absolute atomic E-state index is 12.7. The third kappa shape index (κ3) is 3.29. The summed E-state index contributed by atoms with van der Waals surface area (Å²) >= 11 is 0. The van der Waals surface area contributed by atoms with E-state index in [4.69, 9.17) is 8.83 Å². The van der Waals surface area contributed by atoms with Crippen LogP contribution in [0.3, 0.4) is 0 Å². The van der Waals surface area contributed by atoms with Crippen LogP contribution >= 0.6 is 0 Å². The predicted octanol–water partition coefficient (Wildman–Crippen LogP) is 2.79. The second kappa shape index (κ2) is 6.40. The lowest BCUT2D eigenvalue weighted by Gasteiger charge is -2.13. The maximum atomic E-state index is 12.7. The molecule has 0 spiro atoms. The smallest absolute Gasteiger partial charge is 0.419 e. The Kier molecular flexibility index (Phi) is 4.16. The number of rotatable bonds is 5. The van der Waals surface area contributed by atoms with E-state index in [0.717, 1.165) is 11.0 Å². The molecule has 1 atom stereocenters. The fourth-order valence-electron chi connectivity index (χ4n) is 3.09. The maximum Gasteiger partial charge on any atom is 0.419 e. The van der Waals surface area contributed by atoms with E-state index >= 15 is 0 Å². The summed E-state index contributed by atoms with van der Waals surface area (Å²) in [6, 6.07) is 13.5. The Morgan fingerprint density at radius 2 is 1.85 bits per heavy atom. The normalized spacial score (nSPS) is 13.4. The molecule has 4 aromatic rings. The number of furan rings is 1. The average Bonchev–Trinajstić information content (AvgIpc) is 3.14. The molecular formula is C19H18N2O5S. The lowest BCUT2D eigenvalue weighted by molar-refractivity contribution is 0.504. The number of benzene rings is 2. The molecule has 1 N–H and O–H groups in total. The molecule has 0 amide bonds. The second-order valence-electron chi connectivity index (χ2n) is 6.53. The number of sulfonamides is 1. The molecule has 0 saturated heterocycles. The summed E-state index contributed by atoms with van der Waals surface area (Å²) in [5.41, 5.74) is 1.54. The molecule has 2 aromatic carbocycles. The van der Waals surface area contributed by atoms with Gasteiger partial charge in [-0.15, -0.1) is 0 Å². The lowest BCUT2D eigenvalue weighted by atomic mass is 10.2. The van der Waals surface area contributed by atoms with Crippen LogP contribution in [-0.4, -0.2) is 19.0 Å². The molecule has 2 heterocycles. The van der Waals surface area contributed by atoms with Crippen LogP contribution in [0.25, 0.3) is 22.1 Å². The summed E-state index contributed by atoms with van der Waals surface area (Å²) in [5, 5.41) is 0.980. The Morgan fingerprint density at radius 1 is 1.07 bits per heavy atom. The van der Waals surface area contributed by atoms with Crippen LogP contribution in [0.5, 0.6) is 0 Å². The van der Waals surface area contributed by atoms with Crippen molar-refractivity contribution in [1.82, 2.24) is 9.29 Å². The summed E-state index contributed by atoms with van der Waals surface area (Å²) in [4.78, 5) is 11.6. The number of nitrogens with one attached hydrogen (secondary N) is 1. The molecule has 0 aliphatic carbocycles. The monoisotopic (exact) mass is 386 g/mol. The number of oxazole rings is 1. The number of aryl methyl sites for hydroxylation is 1. The van der Waals surface area contributed by atoms with Gasteiger partial charge in [0, 0.05) is 24.9 Å². The van der Waals surface area contributed by atoms with Crippen molar-refractivity contribution in [3.8, 4) is 0 Å². The minimum Gasteiger partial charge on any atom is -0.461 e. The highest BCUT2D eigenvalue weighted by Crippen LogP contribution is 2.21. The highest BCUT2D eigenvalue weighted by atomic mass is 32.2. The molecule has 140 valence electrons. The Bertz CT molecular complexity index is 1260. The van der Waals surface area contributed by atoms with E-state index in [9.17, 15) is 13.2 Å². The minimum atomic E-state index is -3.76. The average molecular weight is 386 g/mol. The molecule has 7 nitrogen and oxygen atoms in total. The molecule has 0 bridgehead atoms. The molecular weight excluding hydrogens is 368 g/mol. The number of hydrogen-bond donors (Lipinski definition) is 1. The van der Waals surface area contributed by atoms with E-state index < -0.39 is 15.8 Å². The molecule has 0 fully saturated rings. The van der Waals surface area contributed by atoms with Gasteiger partial charge in [-0.2, -0.15) is 0 Å². The molecule has 0 saturated carbocycles. The quantitative estimate of drug-likeness (QED) is 0.569. The van der Waals surface area contributed by atoms with Gasteiger partial charge in [-0.05, 0) is 37.3 Å². The summed E-state index contributed by atoms with van der Waals surface area (Å²) in [5.74, 6) is 0.171. The Hall–Kier alpha value is -2.84. The van der Waals surface area contributed by atoms with Gasteiger partial charge in [-0.25, -0.2) is 17.9 Å². The van der Waals surface area contributed by atoms with Crippen LogP contribution in [0.4, 0.5) is 0 Å². The lowest BCUT2D eigenvalue weighted by Crippen LogP contribution is -2.34. The van der Waals surface area contributed by atoms with Gasteiger partial charge in [0.2, 0.25) is 10.0 Å². The van der Waals surface area contributed by atoms with E-state index in [-0.39, 0.29) is 10.9 Å². The van der Waals surface area contributed by atoms with Crippen LogP contribution < -0.4 is 10.5 Å². The van der Waals surface area contributed by atoms with Crippen molar-refractivity contribution in [2.45, 2.75) is 24.3 Å². The van der Waals surface area contributed by atoms with Gasteiger partial charge in [0.15, 0.2) is 5.58 Å². The number of para-hydroxylation sites is 1. The zero-order chi connectivity index (χ0) is 19.2. The van der Waals surface area contributed by atoms with Crippen molar-refractivity contribution < 1.29 is 17.3 Å². The van der Waals surface area contributed by atoms with E-state index in [1.807, 2.05) is 30.3 Å². The number of nitrogens with zero attached hydrogens (tertiary/aromatic N) is 1. The molecule has 4 rings (SSSR count). The van der Waals surface area contributed by atoms with Crippen LogP contribution in [0.2, 0.25) is 0 Å². The zero-order valence-corrected chi connectivity index (χ0v) is 15.6. The SMILES string of the molecule is C[C@H](Cc1cc2ccccc2o1)NS(=O)(=O)c1ccc2oc(=O)n(C)c2c1. The number of aromatic nitrogens is 1. The summed E-state index contributed by atoms with van der Waals surface area (Å²) in [6.45, 7) is 1.77. The molecule has 0 radical (unpaired) electrons. The first-order valence-corrected chi connectivity index (χ1v) is 9.91. The van der Waals surface area contributed by atoms with Crippen molar-refractivity contribution in [3.05, 3.63) is 64.8 Å². The Morgan fingerprint density at radius 3 is 2.63 bits per heavy atom. The molecule has 0 aliphatic heterocycles. The fraction of sp³-hybridized carbons (Fsp3) is 0.211. The zero-order valence-electron chi connectivity index (χ0n) is 14.8. The van der Waals surface area contributed by atoms with Gasteiger partial charge in [-0.3, -0.25) is 4.57 Å². The van der Waals surface area contributed by atoms with Gasteiger partial charge >= 0.3 is 5.76 Å². The third-order valence-corrected chi connectivity index (χ3v) is 6.00. The topological polar surface area (TPSA) is 94.5 Å². The van der Waals surface area contributed by atoms with E-state index in [1.165, 1.54) is 29.8 Å². The van der Waals surface area contributed by atoms with Crippen molar-refractivity contribution in [3.63, 3.8) is 0 Å². The molecule has 8 heteroatoms. The first-order chi connectivity index (χ1) is 12.8. The van der Waals surface area contributed by atoms with Gasteiger partial charge in [0.25, 0.3) is 0 Å². The Labute approximate surface area is 155 Å². The van der Waals surface area contributed by atoms with Gasteiger partial charge in [-0.1, -0.05) is 18.2 Å². The second-order valence-corrected chi connectivity index (χ2v) is 8.25. The first kappa shape index (κ1) is 17.6. The van der Waals surface area contributed by atoms with Crippen molar-refractivity contribution in [2.24, 2.45) is 7.05 Å². The van der Waals surface area contributed by atoms with E-state index in [1.54, 1.807) is 6.92 Å². The van der Waals surface area contributed by atoms with Gasteiger partial charge in [0.05, 0.1) is 10.4 Å².